The Morgan fingerprint density at radius 3 is 2.86 bits per heavy atom. The van der Waals surface area contributed by atoms with Gasteiger partial charge in [0.1, 0.15) is 5.75 Å². The Balaban J connectivity index is 2.42. The molecular weight excluding hydrogens is 242 g/mol. The molecule has 0 heterocycles. The van der Waals surface area contributed by atoms with Crippen molar-refractivity contribution in [1.29, 1.82) is 0 Å². The normalized spacial score (nSPS) is 10.2. The van der Waals surface area contributed by atoms with E-state index in [9.17, 15) is 0 Å². The van der Waals surface area contributed by atoms with Crippen LogP contribution < -0.4 is 10.1 Å². The molecule has 1 aromatic rings. The van der Waals surface area contributed by atoms with Crippen molar-refractivity contribution in [3.8, 4) is 5.75 Å². The summed E-state index contributed by atoms with van der Waals surface area (Å²) in [5.74, 6) is 0.976. The summed E-state index contributed by atoms with van der Waals surface area (Å²) in [5, 5.41) is 3.09. The first kappa shape index (κ1) is 11.5. The first-order chi connectivity index (χ1) is 6.74. The van der Waals surface area contributed by atoms with Crippen LogP contribution in [0, 0.1) is 6.92 Å². The summed E-state index contributed by atoms with van der Waals surface area (Å²) in [5.41, 5.74) is 1.17. The molecule has 3 heteroatoms. The van der Waals surface area contributed by atoms with Crippen molar-refractivity contribution in [3.05, 3.63) is 28.2 Å². The fraction of sp³-hybridized carbons (Fsp3) is 0.455. The third-order valence-electron chi connectivity index (χ3n) is 1.97. The molecule has 1 N–H and O–H groups in total. The number of hydrogen-bond acceptors (Lipinski definition) is 2. The zero-order chi connectivity index (χ0) is 10.4. The lowest BCUT2D eigenvalue weighted by Gasteiger charge is -2.08. The molecule has 0 aromatic heterocycles. The minimum absolute atomic E-state index is 0.767. The van der Waals surface area contributed by atoms with Gasteiger partial charge in [0, 0.05) is 4.47 Å². The molecule has 0 radical (unpaired) electrons. The van der Waals surface area contributed by atoms with Crippen LogP contribution in [0.25, 0.3) is 0 Å². The van der Waals surface area contributed by atoms with Crippen molar-refractivity contribution < 1.29 is 4.74 Å². The van der Waals surface area contributed by atoms with E-state index in [2.05, 4.69) is 34.2 Å². The van der Waals surface area contributed by atoms with Gasteiger partial charge >= 0.3 is 0 Å². The van der Waals surface area contributed by atoms with Gasteiger partial charge in [0.2, 0.25) is 0 Å². The van der Waals surface area contributed by atoms with Gasteiger partial charge in [-0.1, -0.05) is 15.9 Å². The molecule has 0 atom stereocenters. The number of hydrogen-bond donors (Lipinski definition) is 1. The van der Waals surface area contributed by atoms with Gasteiger partial charge < -0.3 is 10.1 Å². The van der Waals surface area contributed by atoms with E-state index in [1.807, 2.05) is 19.2 Å². The predicted octanol–water partition coefficient (Wildman–Crippen LogP) is 2.75. The van der Waals surface area contributed by atoms with Crippen LogP contribution in [0.3, 0.4) is 0 Å². The summed E-state index contributed by atoms with van der Waals surface area (Å²) in [6.07, 6.45) is 1.03. The molecule has 0 aliphatic rings. The summed E-state index contributed by atoms with van der Waals surface area (Å²) in [4.78, 5) is 0. The van der Waals surface area contributed by atoms with Crippen molar-refractivity contribution in [2.24, 2.45) is 0 Å². The molecule has 0 aliphatic heterocycles. The largest absolute Gasteiger partial charge is 0.493 e. The monoisotopic (exact) mass is 257 g/mol. The third kappa shape index (κ3) is 3.68. The Kier molecular flexibility index (Phi) is 4.98. The molecule has 0 bridgehead atoms. The highest BCUT2D eigenvalue weighted by Gasteiger charge is 1.99. The highest BCUT2D eigenvalue weighted by atomic mass is 79.9. The quantitative estimate of drug-likeness (QED) is 0.820. The van der Waals surface area contributed by atoms with E-state index in [1.54, 1.807) is 0 Å². The fourth-order valence-electron chi connectivity index (χ4n) is 1.21. The van der Waals surface area contributed by atoms with Crippen LogP contribution in [0.2, 0.25) is 0 Å². The topological polar surface area (TPSA) is 21.3 Å². The summed E-state index contributed by atoms with van der Waals surface area (Å²) >= 11 is 3.42. The van der Waals surface area contributed by atoms with Gasteiger partial charge in [0.25, 0.3) is 0 Å². The Hall–Kier alpha value is -0.540. The highest BCUT2D eigenvalue weighted by molar-refractivity contribution is 9.10. The van der Waals surface area contributed by atoms with Crippen molar-refractivity contribution in [1.82, 2.24) is 5.32 Å². The maximum Gasteiger partial charge on any atom is 0.122 e. The van der Waals surface area contributed by atoms with Crippen molar-refractivity contribution in [2.75, 3.05) is 20.2 Å². The van der Waals surface area contributed by atoms with Gasteiger partial charge in [-0.25, -0.2) is 0 Å². The summed E-state index contributed by atoms with van der Waals surface area (Å²) in [6.45, 7) is 3.82. The van der Waals surface area contributed by atoms with Gasteiger partial charge in [-0.2, -0.15) is 0 Å². The zero-order valence-electron chi connectivity index (χ0n) is 8.64. The molecule has 1 aromatic carbocycles. The van der Waals surface area contributed by atoms with E-state index in [1.165, 1.54) is 5.56 Å². The van der Waals surface area contributed by atoms with Crippen LogP contribution in [0.4, 0.5) is 0 Å². The lowest BCUT2D eigenvalue weighted by atomic mass is 10.2. The van der Waals surface area contributed by atoms with Crippen LogP contribution in [-0.4, -0.2) is 20.2 Å². The fourth-order valence-corrected chi connectivity index (χ4v) is 1.68. The van der Waals surface area contributed by atoms with Crippen LogP contribution in [0.5, 0.6) is 5.75 Å². The number of aryl methyl sites for hydroxylation is 1. The van der Waals surface area contributed by atoms with Gasteiger partial charge in [0.15, 0.2) is 0 Å². The zero-order valence-corrected chi connectivity index (χ0v) is 10.2. The van der Waals surface area contributed by atoms with Crippen LogP contribution in [0.15, 0.2) is 22.7 Å². The van der Waals surface area contributed by atoms with Crippen molar-refractivity contribution >= 4 is 15.9 Å². The van der Waals surface area contributed by atoms with E-state index >= 15 is 0 Å². The molecule has 78 valence electrons. The molecular formula is C11H16BrNO. The third-order valence-corrected chi connectivity index (χ3v) is 2.46. The molecule has 1 rings (SSSR count). The van der Waals surface area contributed by atoms with Gasteiger partial charge in [0.05, 0.1) is 6.61 Å². The maximum atomic E-state index is 5.63. The molecule has 2 nitrogen and oxygen atoms in total. The second kappa shape index (κ2) is 6.04. The molecule has 0 unspecified atom stereocenters. The van der Waals surface area contributed by atoms with Gasteiger partial charge in [-0.15, -0.1) is 0 Å². The lowest BCUT2D eigenvalue weighted by Crippen LogP contribution is -2.11. The second-order valence-corrected chi connectivity index (χ2v) is 4.13. The van der Waals surface area contributed by atoms with Crippen LogP contribution in [0.1, 0.15) is 12.0 Å². The number of ether oxygens (including phenoxy) is 1. The van der Waals surface area contributed by atoms with Crippen LogP contribution >= 0.6 is 15.9 Å². The minimum Gasteiger partial charge on any atom is -0.493 e. The standard InChI is InChI=1S/C11H16BrNO/c1-9-8-10(12)4-5-11(9)14-7-3-6-13-2/h4-5,8,13H,3,6-7H2,1-2H3. The van der Waals surface area contributed by atoms with E-state index in [0.29, 0.717) is 0 Å². The summed E-state index contributed by atoms with van der Waals surface area (Å²) in [6, 6.07) is 6.06. The van der Waals surface area contributed by atoms with Crippen molar-refractivity contribution in [2.45, 2.75) is 13.3 Å². The predicted molar refractivity (Wildman–Crippen MR) is 62.9 cm³/mol. The smallest absolute Gasteiger partial charge is 0.122 e. The second-order valence-electron chi connectivity index (χ2n) is 3.22. The van der Waals surface area contributed by atoms with Crippen LogP contribution in [-0.2, 0) is 0 Å². The maximum absolute atomic E-state index is 5.63. The molecule has 0 aliphatic carbocycles. The lowest BCUT2D eigenvalue weighted by molar-refractivity contribution is 0.308. The Bertz CT molecular complexity index is 289. The number of rotatable bonds is 5. The molecule has 0 fully saturated rings. The molecule has 0 saturated heterocycles. The molecule has 14 heavy (non-hydrogen) atoms. The SMILES string of the molecule is CNCCCOc1ccc(Br)cc1C. The van der Waals surface area contributed by atoms with Gasteiger partial charge in [-0.05, 0) is 50.7 Å². The minimum atomic E-state index is 0.767. The number of benzene rings is 1. The average molecular weight is 258 g/mol. The average Bonchev–Trinajstić information content (AvgIpc) is 2.15. The summed E-state index contributed by atoms with van der Waals surface area (Å²) < 4.78 is 6.73. The van der Waals surface area contributed by atoms with E-state index in [-0.39, 0.29) is 0 Å². The molecule has 0 amide bonds. The Labute approximate surface area is 93.8 Å². The van der Waals surface area contributed by atoms with E-state index in [0.717, 1.165) is 29.8 Å². The first-order valence-electron chi connectivity index (χ1n) is 4.77. The van der Waals surface area contributed by atoms with Crippen molar-refractivity contribution in [3.63, 3.8) is 0 Å². The van der Waals surface area contributed by atoms with E-state index < -0.39 is 0 Å². The number of nitrogens with one attached hydrogen (secondary N) is 1. The molecule has 0 spiro atoms. The molecule has 0 saturated carbocycles. The Morgan fingerprint density at radius 1 is 1.43 bits per heavy atom. The highest BCUT2D eigenvalue weighted by Crippen LogP contribution is 2.22. The van der Waals surface area contributed by atoms with E-state index in [4.69, 9.17) is 4.74 Å². The Morgan fingerprint density at radius 2 is 2.21 bits per heavy atom. The number of halogens is 1. The summed E-state index contributed by atoms with van der Waals surface area (Å²) in [7, 11) is 1.95. The van der Waals surface area contributed by atoms with Gasteiger partial charge in [-0.3, -0.25) is 0 Å². The first-order valence-corrected chi connectivity index (χ1v) is 5.57.